The highest BCUT2D eigenvalue weighted by molar-refractivity contribution is 5.61. The van der Waals surface area contributed by atoms with Gasteiger partial charge in [0.1, 0.15) is 6.10 Å². The summed E-state index contributed by atoms with van der Waals surface area (Å²) in [5.74, 6) is 1.98. The predicted octanol–water partition coefficient (Wildman–Crippen LogP) is 2.54. The number of nitrogens with zero attached hydrogens (tertiary/aromatic N) is 1. The van der Waals surface area contributed by atoms with Crippen molar-refractivity contribution in [2.75, 3.05) is 13.1 Å². The number of ether oxygens (including phenoxy) is 1. The Bertz CT molecular complexity index is 698. The fourth-order valence-corrected chi connectivity index (χ4v) is 3.37. The van der Waals surface area contributed by atoms with E-state index in [1.54, 1.807) is 0 Å². The number of hydrogen-bond donors (Lipinski definition) is 2. The molecule has 0 amide bonds. The van der Waals surface area contributed by atoms with Gasteiger partial charge in [0, 0.05) is 42.1 Å². The number of piperidine rings is 1. The zero-order chi connectivity index (χ0) is 16.0. The van der Waals surface area contributed by atoms with Crippen molar-refractivity contribution in [3.05, 3.63) is 48.0 Å². The standard InChI is InChI=1S/C19H23N3O/c1-19(2,20)13-8-16(12-6-4-3-5-7-12)22-17(9-13)23-18-14-10-21-11-15(14)18/h3-9,14-15,18,21H,10-11,20H2,1-2H3/t14-,15+,18?. The summed E-state index contributed by atoms with van der Waals surface area (Å²) < 4.78 is 6.18. The van der Waals surface area contributed by atoms with Crippen molar-refractivity contribution < 1.29 is 4.74 Å². The number of benzene rings is 1. The Kier molecular flexibility index (Phi) is 3.39. The monoisotopic (exact) mass is 309 g/mol. The largest absolute Gasteiger partial charge is 0.474 e. The SMILES string of the molecule is CC(C)(N)c1cc(OC2[C@H]3CNC[C@@H]23)nc(-c2ccccc2)c1. The molecule has 0 radical (unpaired) electrons. The van der Waals surface area contributed by atoms with E-state index in [4.69, 9.17) is 15.5 Å². The van der Waals surface area contributed by atoms with Crippen LogP contribution in [0, 0.1) is 11.8 Å². The summed E-state index contributed by atoms with van der Waals surface area (Å²) in [7, 11) is 0. The molecule has 1 aliphatic heterocycles. The van der Waals surface area contributed by atoms with Crippen LogP contribution in [0.4, 0.5) is 0 Å². The second-order valence-corrected chi connectivity index (χ2v) is 7.24. The summed E-state index contributed by atoms with van der Waals surface area (Å²) in [4.78, 5) is 4.73. The van der Waals surface area contributed by atoms with Crippen molar-refractivity contribution in [2.45, 2.75) is 25.5 Å². The van der Waals surface area contributed by atoms with E-state index in [1.807, 2.05) is 38.1 Å². The first kappa shape index (κ1) is 14.7. The molecule has 23 heavy (non-hydrogen) atoms. The van der Waals surface area contributed by atoms with E-state index in [0.29, 0.717) is 23.8 Å². The smallest absolute Gasteiger partial charge is 0.214 e. The highest BCUT2D eigenvalue weighted by Gasteiger charge is 2.55. The van der Waals surface area contributed by atoms with Crippen LogP contribution >= 0.6 is 0 Å². The Morgan fingerprint density at radius 3 is 2.48 bits per heavy atom. The summed E-state index contributed by atoms with van der Waals surface area (Å²) in [6.07, 6.45) is 0.309. The van der Waals surface area contributed by atoms with Gasteiger partial charge in [-0.05, 0) is 25.5 Å². The number of fused-ring (bicyclic) bond motifs is 1. The zero-order valence-corrected chi connectivity index (χ0v) is 13.6. The lowest BCUT2D eigenvalue weighted by molar-refractivity contribution is 0.251. The first-order valence-corrected chi connectivity index (χ1v) is 8.26. The third-order valence-corrected chi connectivity index (χ3v) is 4.89. The Balaban J connectivity index is 1.67. The molecule has 0 bridgehead atoms. The summed E-state index contributed by atoms with van der Waals surface area (Å²) in [5, 5.41) is 3.39. The molecule has 4 rings (SSSR count). The average Bonchev–Trinajstić information content (AvgIpc) is 2.96. The van der Waals surface area contributed by atoms with E-state index < -0.39 is 5.54 Å². The van der Waals surface area contributed by atoms with Gasteiger partial charge in [0.15, 0.2) is 0 Å². The van der Waals surface area contributed by atoms with Crippen molar-refractivity contribution in [1.82, 2.24) is 10.3 Å². The number of nitrogens with two attached hydrogens (primary N) is 1. The molecule has 4 nitrogen and oxygen atoms in total. The van der Waals surface area contributed by atoms with Gasteiger partial charge in [-0.2, -0.15) is 0 Å². The highest BCUT2D eigenvalue weighted by Crippen LogP contribution is 2.44. The molecule has 4 heteroatoms. The quantitative estimate of drug-likeness (QED) is 0.911. The van der Waals surface area contributed by atoms with Gasteiger partial charge in [0.25, 0.3) is 0 Å². The Labute approximate surface area is 137 Å². The molecule has 3 atom stereocenters. The molecule has 1 saturated heterocycles. The lowest BCUT2D eigenvalue weighted by Crippen LogP contribution is -2.29. The van der Waals surface area contributed by atoms with E-state index in [9.17, 15) is 0 Å². The van der Waals surface area contributed by atoms with Crippen LogP contribution in [0.25, 0.3) is 11.3 Å². The van der Waals surface area contributed by atoms with Gasteiger partial charge in [0.2, 0.25) is 5.88 Å². The number of nitrogens with one attached hydrogen (secondary N) is 1. The third-order valence-electron chi connectivity index (χ3n) is 4.89. The Morgan fingerprint density at radius 1 is 1.13 bits per heavy atom. The molecule has 2 heterocycles. The zero-order valence-electron chi connectivity index (χ0n) is 13.6. The van der Waals surface area contributed by atoms with Crippen molar-refractivity contribution in [3.8, 4) is 17.1 Å². The molecule has 1 aliphatic carbocycles. The molecule has 3 N–H and O–H groups in total. The summed E-state index contributed by atoms with van der Waals surface area (Å²) in [6, 6.07) is 14.2. The minimum atomic E-state index is -0.425. The molecule has 1 saturated carbocycles. The normalized spacial score (nSPS) is 26.0. The first-order chi connectivity index (χ1) is 11.0. The highest BCUT2D eigenvalue weighted by atomic mass is 16.5. The average molecular weight is 309 g/mol. The van der Waals surface area contributed by atoms with Crippen LogP contribution in [0.3, 0.4) is 0 Å². The topological polar surface area (TPSA) is 60.2 Å². The van der Waals surface area contributed by atoms with Gasteiger partial charge < -0.3 is 15.8 Å². The molecule has 2 aromatic rings. The van der Waals surface area contributed by atoms with E-state index in [0.717, 1.165) is 29.9 Å². The summed E-state index contributed by atoms with van der Waals surface area (Å²) >= 11 is 0. The van der Waals surface area contributed by atoms with Gasteiger partial charge in [-0.3, -0.25) is 0 Å². The van der Waals surface area contributed by atoms with Gasteiger partial charge in [-0.15, -0.1) is 0 Å². The van der Waals surface area contributed by atoms with Crippen molar-refractivity contribution in [1.29, 1.82) is 0 Å². The molecule has 2 aliphatic rings. The second kappa shape index (κ2) is 5.32. The fraction of sp³-hybridized carbons (Fsp3) is 0.421. The van der Waals surface area contributed by atoms with E-state index in [2.05, 4.69) is 23.5 Å². The van der Waals surface area contributed by atoms with Crippen LogP contribution in [0.15, 0.2) is 42.5 Å². The summed E-state index contributed by atoms with van der Waals surface area (Å²) in [6.45, 7) is 6.14. The molecule has 2 fully saturated rings. The van der Waals surface area contributed by atoms with Crippen LogP contribution in [0.2, 0.25) is 0 Å². The van der Waals surface area contributed by atoms with Crippen LogP contribution in [-0.2, 0) is 5.54 Å². The van der Waals surface area contributed by atoms with Gasteiger partial charge in [-0.1, -0.05) is 30.3 Å². The fourth-order valence-electron chi connectivity index (χ4n) is 3.37. The predicted molar refractivity (Wildman–Crippen MR) is 91.2 cm³/mol. The number of pyridine rings is 1. The maximum Gasteiger partial charge on any atom is 0.214 e. The van der Waals surface area contributed by atoms with Gasteiger partial charge >= 0.3 is 0 Å². The van der Waals surface area contributed by atoms with Crippen molar-refractivity contribution >= 4 is 0 Å². The lowest BCUT2D eigenvalue weighted by atomic mass is 9.95. The van der Waals surface area contributed by atoms with Crippen LogP contribution < -0.4 is 15.8 Å². The third kappa shape index (κ3) is 2.84. The van der Waals surface area contributed by atoms with Crippen LogP contribution in [-0.4, -0.2) is 24.2 Å². The molecule has 1 aromatic carbocycles. The maximum atomic E-state index is 6.32. The molecular formula is C19H23N3O. The maximum absolute atomic E-state index is 6.32. The molecule has 1 unspecified atom stereocenters. The Hall–Kier alpha value is -1.91. The minimum Gasteiger partial charge on any atom is -0.474 e. The second-order valence-electron chi connectivity index (χ2n) is 7.24. The number of rotatable bonds is 4. The van der Waals surface area contributed by atoms with E-state index in [-0.39, 0.29) is 0 Å². The Morgan fingerprint density at radius 2 is 1.83 bits per heavy atom. The van der Waals surface area contributed by atoms with Crippen LogP contribution in [0.1, 0.15) is 19.4 Å². The molecular weight excluding hydrogens is 286 g/mol. The van der Waals surface area contributed by atoms with Crippen molar-refractivity contribution in [3.63, 3.8) is 0 Å². The minimum absolute atomic E-state index is 0.309. The molecule has 0 spiro atoms. The van der Waals surface area contributed by atoms with E-state index >= 15 is 0 Å². The molecule has 1 aromatic heterocycles. The molecule has 120 valence electrons. The van der Waals surface area contributed by atoms with E-state index in [1.165, 1.54) is 0 Å². The number of hydrogen-bond acceptors (Lipinski definition) is 4. The lowest BCUT2D eigenvalue weighted by Gasteiger charge is -2.21. The van der Waals surface area contributed by atoms with Gasteiger partial charge in [-0.25, -0.2) is 4.98 Å². The van der Waals surface area contributed by atoms with Crippen LogP contribution in [0.5, 0.6) is 5.88 Å². The first-order valence-electron chi connectivity index (χ1n) is 8.26. The number of aromatic nitrogens is 1. The van der Waals surface area contributed by atoms with Gasteiger partial charge in [0.05, 0.1) is 5.69 Å². The van der Waals surface area contributed by atoms with Crippen molar-refractivity contribution in [2.24, 2.45) is 17.6 Å². The summed E-state index contributed by atoms with van der Waals surface area (Å²) in [5.41, 5.74) is 8.94.